The third-order valence-electron chi connectivity index (χ3n) is 5.44. The number of H-pyrrole nitrogens is 1. The highest BCUT2D eigenvalue weighted by molar-refractivity contribution is 5.96. The van der Waals surface area contributed by atoms with Gasteiger partial charge >= 0.3 is 6.09 Å². The molecule has 8 heteroatoms. The van der Waals surface area contributed by atoms with Crippen LogP contribution in [0.3, 0.4) is 0 Å². The fourth-order valence-corrected chi connectivity index (χ4v) is 3.89. The first-order valence-electron chi connectivity index (χ1n) is 10.4. The molecule has 1 aliphatic rings. The van der Waals surface area contributed by atoms with E-state index in [2.05, 4.69) is 16.3 Å². The van der Waals surface area contributed by atoms with Crippen molar-refractivity contribution in [3.8, 4) is 22.8 Å². The topological polar surface area (TPSA) is 93.7 Å². The third kappa shape index (κ3) is 4.12. The minimum absolute atomic E-state index is 0.296. The largest absolute Gasteiger partial charge is 0.493 e. The maximum Gasteiger partial charge on any atom is 0.410 e. The van der Waals surface area contributed by atoms with E-state index < -0.39 is 5.60 Å². The molecule has 0 atom stereocenters. The van der Waals surface area contributed by atoms with Crippen molar-refractivity contribution in [3.63, 3.8) is 0 Å². The molecule has 3 aromatic rings. The molecular formula is C24H27N3O5. The summed E-state index contributed by atoms with van der Waals surface area (Å²) in [6.45, 7) is 6.66. The Bertz CT molecular complexity index is 1240. The van der Waals surface area contributed by atoms with Crippen molar-refractivity contribution in [2.24, 2.45) is 0 Å². The predicted molar refractivity (Wildman–Crippen MR) is 121 cm³/mol. The third-order valence-corrected chi connectivity index (χ3v) is 5.44. The van der Waals surface area contributed by atoms with E-state index in [-0.39, 0.29) is 11.7 Å². The molecule has 1 amide bonds. The number of ether oxygens (including phenoxy) is 3. The van der Waals surface area contributed by atoms with Gasteiger partial charge in [0.1, 0.15) is 5.60 Å². The summed E-state index contributed by atoms with van der Waals surface area (Å²) >= 11 is 0. The van der Waals surface area contributed by atoms with Gasteiger partial charge in [0.2, 0.25) is 0 Å². The molecule has 2 heterocycles. The first kappa shape index (κ1) is 21.7. The number of hydrogen-bond donors (Lipinski definition) is 1. The molecule has 0 spiro atoms. The van der Waals surface area contributed by atoms with E-state index in [0.717, 1.165) is 16.7 Å². The van der Waals surface area contributed by atoms with E-state index in [1.807, 2.05) is 32.9 Å². The Kier molecular flexibility index (Phi) is 5.54. The molecule has 0 unspecified atom stereocenters. The molecule has 8 nitrogen and oxygen atoms in total. The molecule has 0 bridgehead atoms. The van der Waals surface area contributed by atoms with Crippen LogP contribution in [0.5, 0.6) is 11.5 Å². The van der Waals surface area contributed by atoms with E-state index >= 15 is 0 Å². The lowest BCUT2D eigenvalue weighted by atomic mass is 9.95. The standard InChI is InChI=1S/C24H27N3O5/c1-24(2,3)32-23(29)27-9-8-14-10-15(6-7-16(14)13-27)21-17-11-19(30-4)20(31-5)12-18(17)22(28)26-25-21/h6-7,10-12H,8-9,13H2,1-5H3,(H,26,28). The molecule has 168 valence electrons. The molecule has 2 aromatic carbocycles. The normalized spacial score (nSPS) is 13.6. The molecule has 32 heavy (non-hydrogen) atoms. The van der Waals surface area contributed by atoms with Gasteiger partial charge in [-0.05, 0) is 56.5 Å². The number of nitrogens with one attached hydrogen (secondary N) is 1. The van der Waals surface area contributed by atoms with Crippen molar-refractivity contribution in [1.82, 2.24) is 15.1 Å². The predicted octanol–water partition coefficient (Wildman–Crippen LogP) is 3.90. The van der Waals surface area contributed by atoms with Gasteiger partial charge in [-0.2, -0.15) is 5.10 Å². The number of nitrogens with zero attached hydrogens (tertiary/aromatic N) is 2. The van der Waals surface area contributed by atoms with Gasteiger partial charge in [0.25, 0.3) is 5.56 Å². The molecule has 0 aliphatic carbocycles. The summed E-state index contributed by atoms with van der Waals surface area (Å²) in [6.07, 6.45) is 0.405. The van der Waals surface area contributed by atoms with Crippen molar-refractivity contribution in [2.75, 3.05) is 20.8 Å². The fraction of sp³-hybridized carbons (Fsp3) is 0.375. The number of aromatic nitrogens is 2. The van der Waals surface area contributed by atoms with Crippen LogP contribution in [0.1, 0.15) is 31.9 Å². The highest BCUT2D eigenvalue weighted by Gasteiger charge is 2.26. The molecule has 0 saturated heterocycles. The summed E-state index contributed by atoms with van der Waals surface area (Å²) in [7, 11) is 3.09. The minimum atomic E-state index is -0.526. The van der Waals surface area contributed by atoms with Gasteiger partial charge in [-0.15, -0.1) is 0 Å². The van der Waals surface area contributed by atoms with Crippen LogP contribution in [-0.2, 0) is 17.7 Å². The minimum Gasteiger partial charge on any atom is -0.493 e. The van der Waals surface area contributed by atoms with Crippen LogP contribution in [0, 0.1) is 0 Å². The molecule has 1 N–H and O–H groups in total. The number of aromatic amines is 1. The smallest absolute Gasteiger partial charge is 0.410 e. The van der Waals surface area contributed by atoms with Crippen molar-refractivity contribution < 1.29 is 19.0 Å². The maximum absolute atomic E-state index is 12.4. The SMILES string of the molecule is COc1cc2c(-c3ccc4c(c3)CCN(C(=O)OC(C)(C)C)C4)n[nH]c(=O)c2cc1OC. The Labute approximate surface area is 186 Å². The number of rotatable bonds is 3. The van der Waals surface area contributed by atoms with Crippen LogP contribution in [-0.4, -0.2) is 47.6 Å². The van der Waals surface area contributed by atoms with Gasteiger partial charge in [-0.1, -0.05) is 12.1 Å². The Morgan fingerprint density at radius 3 is 2.38 bits per heavy atom. The van der Waals surface area contributed by atoms with Crippen LogP contribution >= 0.6 is 0 Å². The van der Waals surface area contributed by atoms with Crippen molar-refractivity contribution >= 4 is 16.9 Å². The lowest BCUT2D eigenvalue weighted by molar-refractivity contribution is 0.0224. The van der Waals surface area contributed by atoms with E-state index in [1.54, 1.807) is 24.1 Å². The molecule has 1 aliphatic heterocycles. The van der Waals surface area contributed by atoms with Crippen LogP contribution in [0.4, 0.5) is 4.79 Å². The first-order valence-corrected chi connectivity index (χ1v) is 10.4. The molecule has 0 radical (unpaired) electrons. The second-order valence-corrected chi connectivity index (χ2v) is 8.79. The highest BCUT2D eigenvalue weighted by Crippen LogP contribution is 2.35. The number of hydrogen-bond acceptors (Lipinski definition) is 6. The Morgan fingerprint density at radius 2 is 1.72 bits per heavy atom. The molecule has 1 aromatic heterocycles. The molecule has 0 saturated carbocycles. The van der Waals surface area contributed by atoms with Crippen LogP contribution in [0.25, 0.3) is 22.0 Å². The summed E-state index contributed by atoms with van der Waals surface area (Å²) in [5.74, 6) is 1.01. The monoisotopic (exact) mass is 437 g/mol. The zero-order valence-electron chi connectivity index (χ0n) is 18.9. The van der Waals surface area contributed by atoms with E-state index in [0.29, 0.717) is 47.5 Å². The van der Waals surface area contributed by atoms with E-state index in [9.17, 15) is 9.59 Å². The second kappa shape index (κ2) is 8.18. The van der Waals surface area contributed by atoms with Gasteiger partial charge in [0, 0.05) is 24.0 Å². The summed E-state index contributed by atoms with van der Waals surface area (Å²) < 4.78 is 16.3. The molecular weight excluding hydrogens is 410 g/mol. The summed E-state index contributed by atoms with van der Waals surface area (Å²) in [6, 6.07) is 9.46. The Morgan fingerprint density at radius 1 is 1.03 bits per heavy atom. The summed E-state index contributed by atoms with van der Waals surface area (Å²) in [5, 5.41) is 8.06. The average Bonchev–Trinajstić information content (AvgIpc) is 2.76. The first-order chi connectivity index (χ1) is 15.2. The number of carbonyl (C=O) groups is 1. The summed E-state index contributed by atoms with van der Waals surface area (Å²) in [5.41, 5.74) is 2.92. The zero-order valence-corrected chi connectivity index (χ0v) is 18.9. The van der Waals surface area contributed by atoms with E-state index in [4.69, 9.17) is 14.2 Å². The molecule has 4 rings (SSSR count). The highest BCUT2D eigenvalue weighted by atomic mass is 16.6. The second-order valence-electron chi connectivity index (χ2n) is 8.79. The average molecular weight is 437 g/mol. The van der Waals surface area contributed by atoms with Gasteiger partial charge in [-0.25, -0.2) is 9.89 Å². The molecule has 0 fully saturated rings. The van der Waals surface area contributed by atoms with Gasteiger partial charge in [-0.3, -0.25) is 4.79 Å². The van der Waals surface area contributed by atoms with Crippen molar-refractivity contribution in [2.45, 2.75) is 39.3 Å². The quantitative estimate of drug-likeness (QED) is 0.668. The van der Waals surface area contributed by atoms with Gasteiger partial charge in [0.05, 0.1) is 25.3 Å². The Balaban J connectivity index is 1.70. The lowest BCUT2D eigenvalue weighted by Crippen LogP contribution is -2.39. The summed E-state index contributed by atoms with van der Waals surface area (Å²) in [4.78, 5) is 26.6. The Hall–Kier alpha value is -3.55. The van der Waals surface area contributed by atoms with Crippen LogP contribution in [0.2, 0.25) is 0 Å². The van der Waals surface area contributed by atoms with Gasteiger partial charge in [0.15, 0.2) is 11.5 Å². The fourth-order valence-electron chi connectivity index (χ4n) is 3.89. The van der Waals surface area contributed by atoms with Gasteiger partial charge < -0.3 is 19.1 Å². The number of methoxy groups -OCH3 is 2. The number of fused-ring (bicyclic) bond motifs is 2. The number of benzene rings is 2. The number of carbonyl (C=O) groups excluding carboxylic acids is 1. The number of amides is 1. The zero-order chi connectivity index (χ0) is 23.0. The lowest BCUT2D eigenvalue weighted by Gasteiger charge is -2.31. The maximum atomic E-state index is 12.4. The van der Waals surface area contributed by atoms with Crippen LogP contribution < -0.4 is 15.0 Å². The van der Waals surface area contributed by atoms with Crippen LogP contribution in [0.15, 0.2) is 35.1 Å². The van der Waals surface area contributed by atoms with Crippen molar-refractivity contribution in [1.29, 1.82) is 0 Å². The van der Waals surface area contributed by atoms with Crippen molar-refractivity contribution in [3.05, 3.63) is 51.8 Å². The van der Waals surface area contributed by atoms with E-state index in [1.165, 1.54) is 7.11 Å².